The summed E-state index contributed by atoms with van der Waals surface area (Å²) in [7, 11) is 2.02. The van der Waals surface area contributed by atoms with Crippen LogP contribution < -0.4 is 10.1 Å². The lowest BCUT2D eigenvalue weighted by Gasteiger charge is -2.36. The van der Waals surface area contributed by atoms with Crippen LogP contribution in [0.1, 0.15) is 23.4 Å². The van der Waals surface area contributed by atoms with Crippen molar-refractivity contribution >= 4 is 5.91 Å². The fourth-order valence-corrected chi connectivity index (χ4v) is 2.65. The maximum atomic E-state index is 12.2. The van der Waals surface area contributed by atoms with Gasteiger partial charge in [-0.1, -0.05) is 18.2 Å². The highest BCUT2D eigenvalue weighted by Gasteiger charge is 2.31. The zero-order valence-electron chi connectivity index (χ0n) is 13.7. The molecule has 3 rings (SSSR count). The molecule has 0 aliphatic carbocycles. The van der Waals surface area contributed by atoms with Gasteiger partial charge in [0.05, 0.1) is 5.60 Å². The normalized spacial score (nSPS) is 17.4. The number of hydrogen-bond acceptors (Lipinski definition) is 5. The topological polar surface area (TPSA) is 74.9 Å². The third-order valence-corrected chi connectivity index (χ3v) is 4.26. The highest BCUT2D eigenvalue weighted by Crippen LogP contribution is 2.24. The monoisotopic (exact) mass is 330 g/mol. The molecule has 0 saturated carbocycles. The Labute approximate surface area is 141 Å². The van der Waals surface area contributed by atoms with E-state index in [4.69, 9.17) is 9.15 Å². The second-order valence-electron chi connectivity index (χ2n) is 6.24. The molecule has 0 unspecified atom stereocenters. The average Bonchev–Trinajstić information content (AvgIpc) is 3.05. The Balaban J connectivity index is 1.54. The highest BCUT2D eigenvalue weighted by molar-refractivity contribution is 5.91. The van der Waals surface area contributed by atoms with Crippen molar-refractivity contribution in [3.63, 3.8) is 0 Å². The largest absolute Gasteiger partial charge is 0.426 e. The molecular weight excluding hydrogens is 308 g/mol. The molecule has 1 amide bonds. The van der Waals surface area contributed by atoms with Crippen molar-refractivity contribution in [3.8, 4) is 11.7 Å². The Hall–Kier alpha value is -2.31. The lowest BCUT2D eigenvalue weighted by Crippen LogP contribution is -2.50. The van der Waals surface area contributed by atoms with Crippen LogP contribution >= 0.6 is 0 Å². The number of furan rings is 1. The Morgan fingerprint density at radius 1 is 1.25 bits per heavy atom. The van der Waals surface area contributed by atoms with Gasteiger partial charge in [-0.2, -0.15) is 0 Å². The third kappa shape index (κ3) is 4.15. The SMILES string of the molecule is CN1CCC(O)(CNC(=O)c2ccc(Oc3ccccc3)o2)CC1. The molecule has 2 aromatic rings. The minimum atomic E-state index is -0.849. The second-order valence-corrected chi connectivity index (χ2v) is 6.24. The lowest BCUT2D eigenvalue weighted by molar-refractivity contribution is -0.0137. The Kier molecular flexibility index (Phi) is 4.87. The molecular formula is C18H22N2O4. The van der Waals surface area contributed by atoms with Crippen LogP contribution in [0.4, 0.5) is 0 Å². The number of rotatable bonds is 5. The third-order valence-electron chi connectivity index (χ3n) is 4.26. The van der Waals surface area contributed by atoms with E-state index in [1.165, 1.54) is 0 Å². The van der Waals surface area contributed by atoms with E-state index in [2.05, 4.69) is 10.2 Å². The van der Waals surface area contributed by atoms with E-state index in [9.17, 15) is 9.90 Å². The van der Waals surface area contributed by atoms with E-state index in [0.717, 1.165) is 13.1 Å². The van der Waals surface area contributed by atoms with Gasteiger partial charge in [-0.25, -0.2) is 0 Å². The maximum Gasteiger partial charge on any atom is 0.290 e. The van der Waals surface area contributed by atoms with E-state index >= 15 is 0 Å². The van der Waals surface area contributed by atoms with Crippen molar-refractivity contribution < 1.29 is 19.1 Å². The zero-order chi connectivity index (χ0) is 17.0. The van der Waals surface area contributed by atoms with Crippen LogP contribution in [0.5, 0.6) is 11.7 Å². The molecule has 1 aromatic carbocycles. The fraction of sp³-hybridized carbons (Fsp3) is 0.389. The second kappa shape index (κ2) is 7.07. The van der Waals surface area contributed by atoms with Gasteiger partial charge in [0.15, 0.2) is 5.76 Å². The molecule has 1 aliphatic heterocycles. The van der Waals surface area contributed by atoms with Crippen molar-refractivity contribution in [2.75, 3.05) is 26.7 Å². The van der Waals surface area contributed by atoms with Crippen LogP contribution in [0.15, 0.2) is 46.9 Å². The minimum Gasteiger partial charge on any atom is -0.426 e. The molecule has 0 atom stereocenters. The Morgan fingerprint density at radius 2 is 1.96 bits per heavy atom. The van der Waals surface area contributed by atoms with E-state index in [1.54, 1.807) is 24.3 Å². The van der Waals surface area contributed by atoms with E-state index in [1.807, 2.05) is 25.2 Å². The van der Waals surface area contributed by atoms with E-state index in [0.29, 0.717) is 18.6 Å². The van der Waals surface area contributed by atoms with E-state index in [-0.39, 0.29) is 24.2 Å². The first-order valence-corrected chi connectivity index (χ1v) is 8.06. The molecule has 6 heteroatoms. The van der Waals surface area contributed by atoms with Gasteiger partial charge in [-0.05, 0) is 38.1 Å². The Bertz CT molecular complexity index is 675. The van der Waals surface area contributed by atoms with Gasteiger partial charge in [0.2, 0.25) is 0 Å². The predicted octanol–water partition coefficient (Wildman–Crippen LogP) is 2.26. The van der Waals surface area contributed by atoms with Gasteiger partial charge < -0.3 is 24.5 Å². The molecule has 24 heavy (non-hydrogen) atoms. The number of amides is 1. The number of carbonyl (C=O) groups excluding carboxylic acids is 1. The van der Waals surface area contributed by atoms with Crippen molar-refractivity contribution in [1.29, 1.82) is 0 Å². The van der Waals surface area contributed by atoms with Crippen LogP contribution in [-0.4, -0.2) is 48.2 Å². The summed E-state index contributed by atoms with van der Waals surface area (Å²) in [6, 6.07) is 12.4. The summed E-state index contributed by atoms with van der Waals surface area (Å²) >= 11 is 0. The van der Waals surface area contributed by atoms with Gasteiger partial charge in [0, 0.05) is 25.7 Å². The van der Waals surface area contributed by atoms with Crippen molar-refractivity contribution in [2.24, 2.45) is 0 Å². The highest BCUT2D eigenvalue weighted by atomic mass is 16.6. The smallest absolute Gasteiger partial charge is 0.290 e. The first-order chi connectivity index (χ1) is 11.5. The molecule has 1 aromatic heterocycles. The zero-order valence-corrected chi connectivity index (χ0v) is 13.7. The summed E-state index contributed by atoms with van der Waals surface area (Å²) in [5.41, 5.74) is -0.849. The molecule has 2 N–H and O–H groups in total. The van der Waals surface area contributed by atoms with Crippen molar-refractivity contribution in [3.05, 3.63) is 48.2 Å². The number of nitrogens with one attached hydrogen (secondary N) is 1. The number of carbonyl (C=O) groups is 1. The van der Waals surface area contributed by atoms with Crippen LogP contribution in [-0.2, 0) is 0 Å². The molecule has 0 spiro atoms. The molecule has 6 nitrogen and oxygen atoms in total. The fourth-order valence-electron chi connectivity index (χ4n) is 2.65. The van der Waals surface area contributed by atoms with Gasteiger partial charge in [-0.15, -0.1) is 0 Å². The first-order valence-electron chi connectivity index (χ1n) is 8.06. The summed E-state index contributed by atoms with van der Waals surface area (Å²) in [4.78, 5) is 14.3. The Morgan fingerprint density at radius 3 is 2.67 bits per heavy atom. The number of likely N-dealkylation sites (tertiary alicyclic amines) is 1. The molecule has 2 heterocycles. The number of aliphatic hydroxyl groups is 1. The molecule has 1 fully saturated rings. The summed E-state index contributed by atoms with van der Waals surface area (Å²) in [6.07, 6.45) is 1.29. The van der Waals surface area contributed by atoms with Crippen LogP contribution in [0, 0.1) is 0 Å². The quantitative estimate of drug-likeness (QED) is 0.879. The summed E-state index contributed by atoms with van der Waals surface area (Å²) in [5.74, 6) is 0.700. The van der Waals surface area contributed by atoms with E-state index < -0.39 is 5.60 Å². The molecule has 1 saturated heterocycles. The van der Waals surface area contributed by atoms with Crippen LogP contribution in [0.2, 0.25) is 0 Å². The molecule has 128 valence electrons. The van der Waals surface area contributed by atoms with Gasteiger partial charge in [0.1, 0.15) is 5.75 Å². The number of ether oxygens (including phenoxy) is 1. The lowest BCUT2D eigenvalue weighted by atomic mass is 9.91. The summed E-state index contributed by atoms with van der Waals surface area (Å²) in [5, 5.41) is 13.2. The van der Waals surface area contributed by atoms with Crippen LogP contribution in [0.3, 0.4) is 0 Å². The summed E-state index contributed by atoms with van der Waals surface area (Å²) in [6.45, 7) is 1.86. The number of benzene rings is 1. The number of para-hydroxylation sites is 1. The standard InChI is InChI=1S/C18H22N2O4/c1-20-11-9-18(22,10-12-20)13-19-17(21)15-7-8-16(24-15)23-14-5-3-2-4-6-14/h2-8,22H,9-13H2,1H3,(H,19,21). The number of piperidine rings is 1. The maximum absolute atomic E-state index is 12.2. The number of hydrogen-bond donors (Lipinski definition) is 2. The van der Waals surface area contributed by atoms with Gasteiger partial charge >= 0.3 is 0 Å². The molecule has 0 bridgehead atoms. The van der Waals surface area contributed by atoms with Crippen LogP contribution in [0.25, 0.3) is 0 Å². The van der Waals surface area contributed by atoms with Crippen molar-refractivity contribution in [1.82, 2.24) is 10.2 Å². The van der Waals surface area contributed by atoms with Crippen molar-refractivity contribution in [2.45, 2.75) is 18.4 Å². The predicted molar refractivity (Wildman–Crippen MR) is 89.2 cm³/mol. The minimum absolute atomic E-state index is 0.164. The molecule has 0 radical (unpaired) electrons. The average molecular weight is 330 g/mol. The van der Waals surface area contributed by atoms with Gasteiger partial charge in [-0.3, -0.25) is 4.79 Å². The number of nitrogens with zero attached hydrogens (tertiary/aromatic N) is 1. The molecule has 1 aliphatic rings. The first kappa shape index (κ1) is 16.5. The van der Waals surface area contributed by atoms with Gasteiger partial charge in [0.25, 0.3) is 11.9 Å². The summed E-state index contributed by atoms with van der Waals surface area (Å²) < 4.78 is 10.9.